The first-order valence-corrected chi connectivity index (χ1v) is 35.8. The molecule has 2 aromatic carbocycles. The van der Waals surface area contributed by atoms with Crippen molar-refractivity contribution in [3.05, 3.63) is 68.3 Å². The normalized spacial score (nSPS) is 24.7. The highest BCUT2D eigenvalue weighted by atomic mass is 127. The van der Waals surface area contributed by atoms with E-state index in [1.807, 2.05) is 46.8 Å². The highest BCUT2D eigenvalue weighted by Gasteiger charge is 2.44. The van der Waals surface area contributed by atoms with Crippen LogP contribution in [0.2, 0.25) is 5.02 Å². The van der Waals surface area contributed by atoms with Crippen molar-refractivity contribution in [3.8, 4) is 0 Å². The second-order valence-electron chi connectivity index (χ2n) is 28.4. The summed E-state index contributed by atoms with van der Waals surface area (Å²) in [5.41, 5.74) is -0.510. The molecule has 0 radical (unpaired) electrons. The van der Waals surface area contributed by atoms with Crippen molar-refractivity contribution in [1.82, 2.24) is 60.5 Å². The van der Waals surface area contributed by atoms with Crippen LogP contribution in [0.15, 0.2) is 48.5 Å². The van der Waals surface area contributed by atoms with Gasteiger partial charge in [-0.15, -0.1) is 0 Å². The number of hydrogen-bond acceptors (Lipinski definition) is 12. The Morgan fingerprint density at radius 2 is 1.15 bits per heavy atom. The summed E-state index contributed by atoms with van der Waals surface area (Å²) in [6, 6.07) is 5.05. The topological polar surface area (TPSA) is 279 Å². The fourth-order valence-corrected chi connectivity index (χ4v) is 13.4. The predicted octanol–water partition coefficient (Wildman–Crippen LogP) is 5.29. The number of benzene rings is 2. The minimum absolute atomic E-state index is 0.0574. The van der Waals surface area contributed by atoms with Gasteiger partial charge in [-0.2, -0.15) is 0 Å². The standard InChI is InChI=1S/C71H108ClIN12O12/c1-16-46(6)62-69(96)80(11)42-60(88)78(9)43-61(89)82(13)56(39-47-24-19-17-20-25-47)67(94)79(10)41-58(86)74-52(38-49-26-23-27-51(73)36-49)63(90)75-54(37-48-28-30-50(72)31-29-48)66(93)84(15)71(7,8)70(97)76-53(34-44(2)3)65(92)83(14)57(68(95)85-32-21-18-22-33-85)40-59(87)81(12)55(35-45(4)5)64(91)77-62/h23,26-31,36,44-47,52-57,62H,16-22,24-25,32-35,37-43H2,1-15H3,(H,74,86)(H,75,90)(H,76,97)(H,77,91)/t46-,52-,53-,54-,55-,56-,57?,62-/m0/s1. The largest absolute Gasteiger partial charge is 0.342 e. The molecule has 3 aliphatic rings. The lowest BCUT2D eigenvalue weighted by Crippen LogP contribution is -2.64. The van der Waals surface area contributed by atoms with Crippen LogP contribution in [0.3, 0.4) is 0 Å². The molecule has 5 rings (SSSR count). The summed E-state index contributed by atoms with van der Waals surface area (Å²) in [6.07, 6.45) is 6.95. The summed E-state index contributed by atoms with van der Waals surface area (Å²) in [5.74, 6) is -8.66. The molecule has 97 heavy (non-hydrogen) atoms. The molecule has 3 fully saturated rings. The van der Waals surface area contributed by atoms with Gasteiger partial charge in [-0.25, -0.2) is 0 Å². The van der Waals surface area contributed by atoms with Gasteiger partial charge in [-0.1, -0.05) is 116 Å². The van der Waals surface area contributed by atoms with E-state index in [1.165, 1.54) is 92.6 Å². The average molecular weight is 1480 g/mol. The second-order valence-corrected chi connectivity index (χ2v) is 30.1. The third-order valence-electron chi connectivity index (χ3n) is 19.5. The first-order valence-electron chi connectivity index (χ1n) is 34.3. The smallest absolute Gasteiger partial charge is 0.246 e. The molecule has 0 bridgehead atoms. The van der Waals surface area contributed by atoms with Crippen LogP contribution in [0.1, 0.15) is 150 Å². The van der Waals surface area contributed by atoms with E-state index >= 15 is 19.2 Å². The Morgan fingerprint density at radius 1 is 0.577 bits per heavy atom. The predicted molar refractivity (Wildman–Crippen MR) is 380 cm³/mol. The Kier molecular flexibility index (Phi) is 31.1. The van der Waals surface area contributed by atoms with Crippen molar-refractivity contribution >= 4 is 105 Å². The Labute approximate surface area is 593 Å². The Hall–Kier alpha value is -6.90. The van der Waals surface area contributed by atoms with Gasteiger partial charge in [0.25, 0.3) is 0 Å². The summed E-state index contributed by atoms with van der Waals surface area (Å²) in [7, 11) is 9.97. The van der Waals surface area contributed by atoms with E-state index in [4.69, 9.17) is 11.6 Å². The molecule has 0 spiro atoms. The van der Waals surface area contributed by atoms with E-state index < -0.39 is 151 Å². The first kappa shape index (κ1) is 80.8. The van der Waals surface area contributed by atoms with Crippen LogP contribution in [0, 0.1) is 27.2 Å². The van der Waals surface area contributed by atoms with Gasteiger partial charge >= 0.3 is 0 Å². The summed E-state index contributed by atoms with van der Waals surface area (Å²) in [6.45, 7) is 13.3. The lowest BCUT2D eigenvalue weighted by Gasteiger charge is -2.39. The van der Waals surface area contributed by atoms with Crippen molar-refractivity contribution in [2.75, 3.05) is 82.1 Å². The average Bonchev–Trinajstić information content (AvgIpc) is 0.820. The number of likely N-dealkylation sites (tertiary alicyclic amines) is 1. The number of likely N-dealkylation sites (N-methyl/N-ethyl adjacent to an activating group) is 7. The van der Waals surface area contributed by atoms with Crippen molar-refractivity contribution in [2.45, 2.75) is 200 Å². The maximum Gasteiger partial charge on any atom is 0.246 e. The molecule has 12 amide bonds. The fraction of sp³-hybridized carbons (Fsp3) is 0.662. The highest BCUT2D eigenvalue weighted by molar-refractivity contribution is 14.1. The van der Waals surface area contributed by atoms with E-state index in [9.17, 15) is 38.4 Å². The zero-order chi connectivity index (χ0) is 72.3. The zero-order valence-electron chi connectivity index (χ0n) is 59.8. The number of carbonyl (C=O) groups is 12. The molecular weight excluding hydrogens is 1380 g/mol. The Balaban J connectivity index is 1.63. The number of hydrogen-bond donors (Lipinski definition) is 4. The number of halogens is 2. The van der Waals surface area contributed by atoms with E-state index in [1.54, 1.807) is 48.2 Å². The lowest BCUT2D eigenvalue weighted by molar-refractivity contribution is -0.152. The van der Waals surface area contributed by atoms with Gasteiger partial charge in [-0.05, 0) is 134 Å². The van der Waals surface area contributed by atoms with Crippen molar-refractivity contribution in [2.24, 2.45) is 23.7 Å². The molecule has 538 valence electrons. The van der Waals surface area contributed by atoms with E-state index in [-0.39, 0.29) is 49.9 Å². The molecule has 2 aromatic rings. The quantitative estimate of drug-likeness (QED) is 0.186. The molecule has 2 aliphatic heterocycles. The first-order chi connectivity index (χ1) is 45.6. The van der Waals surface area contributed by atoms with E-state index in [0.717, 1.165) is 47.0 Å². The van der Waals surface area contributed by atoms with E-state index in [2.05, 4.69) is 43.9 Å². The monoisotopic (exact) mass is 1480 g/mol. The van der Waals surface area contributed by atoms with Crippen LogP contribution >= 0.6 is 34.2 Å². The molecule has 26 heteroatoms. The molecule has 2 heterocycles. The maximum atomic E-state index is 15.3. The Bertz CT molecular complexity index is 3100. The van der Waals surface area contributed by atoms with E-state index in [0.29, 0.717) is 48.5 Å². The molecule has 1 unspecified atom stereocenters. The number of rotatable bonds is 13. The molecule has 24 nitrogen and oxygen atoms in total. The molecular formula is C71H108ClIN12O12. The third-order valence-corrected chi connectivity index (χ3v) is 20.4. The third kappa shape index (κ3) is 23.1. The molecule has 4 N–H and O–H groups in total. The molecule has 0 aromatic heterocycles. The second kappa shape index (κ2) is 37.3. The van der Waals surface area contributed by atoms with Gasteiger partial charge in [-0.3, -0.25) is 57.5 Å². The van der Waals surface area contributed by atoms with Crippen LogP contribution in [0.25, 0.3) is 0 Å². The van der Waals surface area contributed by atoms with Crippen LogP contribution < -0.4 is 21.3 Å². The number of nitrogens with zero attached hydrogens (tertiary/aromatic N) is 8. The molecule has 2 saturated heterocycles. The van der Waals surface area contributed by atoms with Gasteiger partial charge in [0, 0.05) is 83.9 Å². The minimum Gasteiger partial charge on any atom is -0.342 e. The number of piperidine rings is 1. The van der Waals surface area contributed by atoms with Gasteiger partial charge in [0.15, 0.2) is 0 Å². The number of carbonyl (C=O) groups excluding carboxylic acids is 12. The van der Waals surface area contributed by atoms with Gasteiger partial charge < -0.3 is 60.5 Å². The van der Waals surface area contributed by atoms with Gasteiger partial charge in [0.1, 0.15) is 47.8 Å². The van der Waals surface area contributed by atoms with Crippen molar-refractivity contribution in [1.29, 1.82) is 0 Å². The highest BCUT2D eigenvalue weighted by Crippen LogP contribution is 2.30. The van der Waals surface area contributed by atoms with Crippen LogP contribution in [0.4, 0.5) is 0 Å². The summed E-state index contributed by atoms with van der Waals surface area (Å²) in [5, 5.41) is 11.9. The van der Waals surface area contributed by atoms with Crippen molar-refractivity contribution < 1.29 is 57.5 Å². The summed E-state index contributed by atoms with van der Waals surface area (Å²) < 4.78 is 0.842. The summed E-state index contributed by atoms with van der Waals surface area (Å²) >= 11 is 8.45. The van der Waals surface area contributed by atoms with Crippen molar-refractivity contribution in [3.63, 3.8) is 0 Å². The zero-order valence-corrected chi connectivity index (χ0v) is 62.8. The Morgan fingerprint density at radius 3 is 1.75 bits per heavy atom. The number of nitrogens with one attached hydrogen (secondary N) is 4. The van der Waals surface area contributed by atoms with Crippen LogP contribution in [-0.4, -0.2) is 240 Å². The molecule has 8 atom stereocenters. The van der Waals surface area contributed by atoms with Gasteiger partial charge in [0.2, 0.25) is 70.9 Å². The van der Waals surface area contributed by atoms with Crippen LogP contribution in [-0.2, 0) is 70.4 Å². The fourth-order valence-electron chi connectivity index (χ4n) is 12.7. The molecule has 1 saturated carbocycles. The SMILES string of the molecule is CC[C@H](C)[C@@H]1NC(=O)[C@H](CC(C)C)N(C)C(=O)CC(C(=O)N2CCCCC2)N(C)C(=O)[C@H](CC(C)C)NC(=O)C(C)(C)N(C)C(=O)[C@H](Cc2ccc(Cl)cc2)NC(=O)[C@H](Cc2cccc(I)c2)NC(=O)CN(C)C(=O)[C@H](CC2CCCCC2)N(C)C(=O)CN(C)C(=O)CN(C)C1=O. The van der Waals surface area contributed by atoms with Crippen LogP contribution in [0.5, 0.6) is 0 Å². The molecule has 1 aliphatic carbocycles. The summed E-state index contributed by atoms with van der Waals surface area (Å²) in [4.78, 5) is 188. The van der Waals surface area contributed by atoms with Gasteiger partial charge in [0.05, 0.1) is 26.1 Å². The number of amides is 12. The minimum atomic E-state index is -1.75. The maximum absolute atomic E-state index is 15.3. The lowest BCUT2D eigenvalue weighted by atomic mass is 9.84.